The van der Waals surface area contributed by atoms with E-state index in [1.807, 2.05) is 17.9 Å². The van der Waals surface area contributed by atoms with E-state index in [9.17, 15) is 4.79 Å². The molecule has 0 aromatic carbocycles. The van der Waals surface area contributed by atoms with Crippen molar-refractivity contribution in [2.75, 3.05) is 38.2 Å². The molecule has 8 nitrogen and oxygen atoms in total. The molecule has 0 unspecified atom stereocenters. The Morgan fingerprint density at radius 3 is 2.68 bits per heavy atom. The van der Waals surface area contributed by atoms with E-state index in [1.165, 1.54) is 0 Å². The SMILES string of the molecule is CCCc1cc(C(=O)N2CCN(c3nc(C)cc(OC)n3)CC2)n[nH]1. The predicted molar refractivity (Wildman–Crippen MR) is 94.0 cm³/mol. The molecule has 3 heterocycles. The molecule has 0 spiro atoms. The number of ether oxygens (including phenoxy) is 1. The third-order valence-electron chi connectivity index (χ3n) is 4.25. The van der Waals surface area contributed by atoms with Crippen molar-refractivity contribution >= 4 is 11.9 Å². The molecule has 1 fully saturated rings. The van der Waals surface area contributed by atoms with Gasteiger partial charge in [-0.2, -0.15) is 10.1 Å². The highest BCUT2D eigenvalue weighted by Crippen LogP contribution is 2.17. The van der Waals surface area contributed by atoms with Crippen LogP contribution >= 0.6 is 0 Å². The number of hydrogen-bond donors (Lipinski definition) is 1. The first kappa shape index (κ1) is 17.2. The van der Waals surface area contributed by atoms with E-state index < -0.39 is 0 Å². The Morgan fingerprint density at radius 1 is 1.24 bits per heavy atom. The Balaban J connectivity index is 1.63. The second-order valence-corrected chi connectivity index (χ2v) is 6.16. The van der Waals surface area contributed by atoms with Gasteiger partial charge in [-0.25, -0.2) is 4.98 Å². The van der Waals surface area contributed by atoms with Crippen LogP contribution in [0.4, 0.5) is 5.95 Å². The summed E-state index contributed by atoms with van der Waals surface area (Å²) in [7, 11) is 1.60. The molecule has 0 saturated carbocycles. The Morgan fingerprint density at radius 2 is 2.00 bits per heavy atom. The lowest BCUT2D eigenvalue weighted by Crippen LogP contribution is -2.49. The fourth-order valence-electron chi connectivity index (χ4n) is 2.91. The molecule has 134 valence electrons. The number of carbonyl (C=O) groups is 1. The maximum Gasteiger partial charge on any atom is 0.274 e. The minimum absolute atomic E-state index is 0.0269. The third kappa shape index (κ3) is 3.89. The van der Waals surface area contributed by atoms with Gasteiger partial charge in [0.1, 0.15) is 5.69 Å². The van der Waals surface area contributed by atoms with E-state index in [-0.39, 0.29) is 5.91 Å². The summed E-state index contributed by atoms with van der Waals surface area (Å²) < 4.78 is 5.21. The Bertz CT molecular complexity index is 736. The molecule has 0 radical (unpaired) electrons. The van der Waals surface area contributed by atoms with E-state index in [2.05, 4.69) is 32.0 Å². The second kappa shape index (κ2) is 7.50. The average molecular weight is 344 g/mol. The summed E-state index contributed by atoms with van der Waals surface area (Å²) in [5.74, 6) is 1.18. The van der Waals surface area contributed by atoms with Crippen LogP contribution in [0.25, 0.3) is 0 Å². The number of rotatable bonds is 5. The number of aryl methyl sites for hydroxylation is 2. The molecule has 2 aromatic rings. The molecule has 1 saturated heterocycles. The zero-order valence-electron chi connectivity index (χ0n) is 14.9. The van der Waals surface area contributed by atoms with E-state index in [4.69, 9.17) is 4.74 Å². The van der Waals surface area contributed by atoms with E-state index >= 15 is 0 Å². The number of nitrogens with zero attached hydrogens (tertiary/aromatic N) is 5. The van der Waals surface area contributed by atoms with Gasteiger partial charge >= 0.3 is 0 Å². The molecule has 1 aliphatic rings. The molecular weight excluding hydrogens is 320 g/mol. The number of aromatic amines is 1. The number of H-pyrrole nitrogens is 1. The van der Waals surface area contributed by atoms with Gasteiger partial charge in [0.05, 0.1) is 7.11 Å². The van der Waals surface area contributed by atoms with Crippen molar-refractivity contribution in [3.63, 3.8) is 0 Å². The first-order valence-electron chi connectivity index (χ1n) is 8.59. The number of methoxy groups -OCH3 is 1. The van der Waals surface area contributed by atoms with Gasteiger partial charge in [0.15, 0.2) is 0 Å². The Kier molecular flexibility index (Phi) is 5.16. The monoisotopic (exact) mass is 344 g/mol. The maximum absolute atomic E-state index is 12.6. The summed E-state index contributed by atoms with van der Waals surface area (Å²) in [6, 6.07) is 3.65. The summed E-state index contributed by atoms with van der Waals surface area (Å²) >= 11 is 0. The van der Waals surface area contributed by atoms with Crippen molar-refractivity contribution in [3.05, 3.63) is 29.2 Å². The number of carbonyl (C=O) groups excluding carboxylic acids is 1. The van der Waals surface area contributed by atoms with Crippen LogP contribution in [0.15, 0.2) is 12.1 Å². The summed E-state index contributed by atoms with van der Waals surface area (Å²) in [4.78, 5) is 25.4. The molecular formula is C17H24N6O2. The molecule has 0 atom stereocenters. The summed E-state index contributed by atoms with van der Waals surface area (Å²) in [6.07, 6.45) is 1.93. The van der Waals surface area contributed by atoms with Crippen molar-refractivity contribution in [3.8, 4) is 5.88 Å². The number of hydrogen-bond acceptors (Lipinski definition) is 6. The van der Waals surface area contributed by atoms with Gasteiger partial charge in [0.25, 0.3) is 5.91 Å². The van der Waals surface area contributed by atoms with Crippen molar-refractivity contribution in [1.29, 1.82) is 0 Å². The van der Waals surface area contributed by atoms with E-state index in [1.54, 1.807) is 13.2 Å². The third-order valence-corrected chi connectivity index (χ3v) is 4.25. The van der Waals surface area contributed by atoms with Crippen LogP contribution in [0.2, 0.25) is 0 Å². The molecule has 0 aliphatic carbocycles. The van der Waals surface area contributed by atoms with Gasteiger partial charge < -0.3 is 14.5 Å². The number of amides is 1. The van der Waals surface area contributed by atoms with E-state index in [0.29, 0.717) is 43.7 Å². The van der Waals surface area contributed by atoms with Gasteiger partial charge in [-0.05, 0) is 19.4 Å². The minimum atomic E-state index is -0.0269. The van der Waals surface area contributed by atoms with Crippen LogP contribution in [0, 0.1) is 6.92 Å². The molecule has 25 heavy (non-hydrogen) atoms. The van der Waals surface area contributed by atoms with Crippen molar-refractivity contribution in [1.82, 2.24) is 25.1 Å². The smallest absolute Gasteiger partial charge is 0.274 e. The van der Waals surface area contributed by atoms with Crippen LogP contribution in [-0.4, -0.2) is 64.3 Å². The Labute approximate surface area is 147 Å². The predicted octanol–water partition coefficient (Wildman–Crippen LogP) is 1.43. The fraction of sp³-hybridized carbons (Fsp3) is 0.529. The average Bonchev–Trinajstić information content (AvgIpc) is 3.09. The van der Waals surface area contributed by atoms with Gasteiger partial charge in [-0.1, -0.05) is 13.3 Å². The quantitative estimate of drug-likeness (QED) is 0.883. The Hall–Kier alpha value is -2.64. The number of nitrogens with one attached hydrogen (secondary N) is 1. The largest absolute Gasteiger partial charge is 0.481 e. The van der Waals surface area contributed by atoms with Gasteiger partial charge in [-0.3, -0.25) is 9.89 Å². The molecule has 1 N–H and O–H groups in total. The van der Waals surface area contributed by atoms with E-state index in [0.717, 1.165) is 24.2 Å². The van der Waals surface area contributed by atoms with Crippen LogP contribution in [0.1, 0.15) is 35.2 Å². The van der Waals surface area contributed by atoms with Crippen molar-refractivity contribution in [2.45, 2.75) is 26.7 Å². The highest BCUT2D eigenvalue weighted by molar-refractivity contribution is 5.92. The lowest BCUT2D eigenvalue weighted by molar-refractivity contribution is 0.0740. The lowest BCUT2D eigenvalue weighted by Gasteiger charge is -2.34. The first-order valence-corrected chi connectivity index (χ1v) is 8.59. The lowest BCUT2D eigenvalue weighted by atomic mass is 10.2. The summed E-state index contributed by atoms with van der Waals surface area (Å²) in [6.45, 7) is 6.63. The highest BCUT2D eigenvalue weighted by atomic mass is 16.5. The topological polar surface area (TPSA) is 87.2 Å². The normalized spacial score (nSPS) is 14.7. The molecule has 8 heteroatoms. The van der Waals surface area contributed by atoms with Crippen LogP contribution in [0.3, 0.4) is 0 Å². The standard InChI is InChI=1S/C17H24N6O2/c1-4-5-13-11-14(21-20-13)16(24)22-6-8-23(9-7-22)17-18-12(2)10-15(19-17)25-3/h10-11H,4-9H2,1-3H3,(H,20,21). The highest BCUT2D eigenvalue weighted by Gasteiger charge is 2.25. The second-order valence-electron chi connectivity index (χ2n) is 6.16. The summed E-state index contributed by atoms with van der Waals surface area (Å²) in [5, 5.41) is 7.09. The minimum Gasteiger partial charge on any atom is -0.481 e. The molecule has 1 amide bonds. The van der Waals surface area contributed by atoms with Crippen molar-refractivity contribution < 1.29 is 9.53 Å². The number of aromatic nitrogens is 4. The molecule has 0 bridgehead atoms. The van der Waals surface area contributed by atoms with Crippen LogP contribution in [-0.2, 0) is 6.42 Å². The first-order chi connectivity index (χ1) is 12.1. The molecule has 1 aliphatic heterocycles. The molecule has 3 rings (SSSR count). The van der Waals surface area contributed by atoms with Crippen LogP contribution < -0.4 is 9.64 Å². The number of anilines is 1. The maximum atomic E-state index is 12.6. The van der Waals surface area contributed by atoms with Gasteiger partial charge in [0, 0.05) is 43.6 Å². The summed E-state index contributed by atoms with van der Waals surface area (Å²) in [5.41, 5.74) is 2.36. The van der Waals surface area contributed by atoms with Gasteiger partial charge in [0.2, 0.25) is 11.8 Å². The van der Waals surface area contributed by atoms with Gasteiger partial charge in [-0.15, -0.1) is 0 Å². The fourth-order valence-corrected chi connectivity index (χ4v) is 2.91. The zero-order valence-corrected chi connectivity index (χ0v) is 14.9. The number of piperazine rings is 1. The molecule has 2 aromatic heterocycles. The van der Waals surface area contributed by atoms with Crippen LogP contribution in [0.5, 0.6) is 5.88 Å². The van der Waals surface area contributed by atoms with Crippen molar-refractivity contribution in [2.24, 2.45) is 0 Å². The zero-order chi connectivity index (χ0) is 17.8.